The Morgan fingerprint density at radius 2 is 1.54 bits per heavy atom. The van der Waals surface area contributed by atoms with E-state index in [4.69, 9.17) is 11.6 Å². The van der Waals surface area contributed by atoms with Gasteiger partial charge in [0.15, 0.2) is 0 Å². The highest BCUT2D eigenvalue weighted by molar-refractivity contribution is 7.92. The number of sulfonamides is 1. The molecular formula is C30H36ClN3O4S. The van der Waals surface area contributed by atoms with Crippen molar-refractivity contribution in [2.24, 2.45) is 0 Å². The summed E-state index contributed by atoms with van der Waals surface area (Å²) in [4.78, 5) is 28.7. The quantitative estimate of drug-likeness (QED) is 0.297. The topological polar surface area (TPSA) is 86.8 Å². The van der Waals surface area contributed by atoms with Crippen LogP contribution in [0.2, 0.25) is 5.02 Å². The number of anilines is 1. The molecule has 0 spiro atoms. The summed E-state index contributed by atoms with van der Waals surface area (Å²) < 4.78 is 28.8. The molecular weight excluding hydrogens is 534 g/mol. The number of carbonyl (C=O) groups is 2. The summed E-state index contributed by atoms with van der Waals surface area (Å²) in [5, 5.41) is 3.34. The summed E-state index contributed by atoms with van der Waals surface area (Å²) in [6.07, 6.45) is 1.89. The van der Waals surface area contributed by atoms with E-state index in [1.165, 1.54) is 17.0 Å². The Morgan fingerprint density at radius 1 is 0.897 bits per heavy atom. The first-order valence-corrected chi connectivity index (χ1v) is 15.0. The first-order chi connectivity index (χ1) is 18.7. The maximum Gasteiger partial charge on any atom is 0.264 e. The Hall–Kier alpha value is -3.36. The van der Waals surface area contributed by atoms with Gasteiger partial charge in [-0.1, -0.05) is 80.9 Å². The number of halogens is 1. The van der Waals surface area contributed by atoms with Crippen LogP contribution in [0.1, 0.15) is 44.7 Å². The van der Waals surface area contributed by atoms with Crippen molar-refractivity contribution in [1.82, 2.24) is 10.2 Å². The minimum Gasteiger partial charge on any atom is -0.354 e. The molecule has 0 saturated carbocycles. The summed E-state index contributed by atoms with van der Waals surface area (Å²) in [6.45, 7) is 5.84. The van der Waals surface area contributed by atoms with Gasteiger partial charge in [0.05, 0.1) is 10.6 Å². The Bertz CT molecular complexity index is 1350. The zero-order valence-electron chi connectivity index (χ0n) is 22.6. The Morgan fingerprint density at radius 3 is 2.13 bits per heavy atom. The lowest BCUT2D eigenvalue weighted by molar-refractivity contribution is -0.140. The van der Waals surface area contributed by atoms with E-state index >= 15 is 0 Å². The van der Waals surface area contributed by atoms with Gasteiger partial charge in [0.1, 0.15) is 12.6 Å². The minimum atomic E-state index is -4.09. The van der Waals surface area contributed by atoms with Crippen LogP contribution in [0.4, 0.5) is 5.69 Å². The van der Waals surface area contributed by atoms with Crippen molar-refractivity contribution in [1.29, 1.82) is 0 Å². The Balaban J connectivity index is 2.05. The molecule has 0 bridgehead atoms. The molecule has 3 aromatic rings. The number of nitrogens with zero attached hydrogens (tertiary/aromatic N) is 2. The maximum absolute atomic E-state index is 14.0. The number of hydrogen-bond donors (Lipinski definition) is 1. The number of hydrogen-bond acceptors (Lipinski definition) is 4. The molecule has 3 rings (SSSR count). The summed E-state index contributed by atoms with van der Waals surface area (Å²) in [6, 6.07) is 21.4. The predicted octanol–water partition coefficient (Wildman–Crippen LogP) is 5.43. The molecule has 1 N–H and O–H groups in total. The second-order valence-corrected chi connectivity index (χ2v) is 11.4. The zero-order chi connectivity index (χ0) is 28.4. The fourth-order valence-corrected chi connectivity index (χ4v) is 5.87. The number of amides is 2. The highest BCUT2D eigenvalue weighted by Crippen LogP contribution is 2.26. The molecule has 0 aliphatic heterocycles. The molecule has 3 aromatic carbocycles. The highest BCUT2D eigenvalue weighted by atomic mass is 35.5. The second kappa shape index (κ2) is 14.1. The van der Waals surface area contributed by atoms with Gasteiger partial charge < -0.3 is 10.2 Å². The molecule has 0 radical (unpaired) electrons. The van der Waals surface area contributed by atoms with Gasteiger partial charge in [0.2, 0.25) is 11.8 Å². The van der Waals surface area contributed by atoms with E-state index < -0.39 is 28.5 Å². The molecule has 0 aromatic heterocycles. The van der Waals surface area contributed by atoms with Crippen molar-refractivity contribution in [3.63, 3.8) is 0 Å². The molecule has 0 unspecified atom stereocenters. The van der Waals surface area contributed by atoms with Crippen molar-refractivity contribution in [3.8, 4) is 0 Å². The molecule has 2 amide bonds. The van der Waals surface area contributed by atoms with Gasteiger partial charge in [0.25, 0.3) is 10.0 Å². The summed E-state index contributed by atoms with van der Waals surface area (Å²) in [7, 11) is -4.09. The van der Waals surface area contributed by atoms with E-state index in [-0.39, 0.29) is 17.3 Å². The molecule has 39 heavy (non-hydrogen) atoms. The molecule has 0 heterocycles. The van der Waals surface area contributed by atoms with Gasteiger partial charge in [-0.25, -0.2) is 8.42 Å². The van der Waals surface area contributed by atoms with E-state index in [1.807, 2.05) is 39.0 Å². The monoisotopic (exact) mass is 569 g/mol. The molecule has 0 saturated heterocycles. The van der Waals surface area contributed by atoms with Crippen molar-refractivity contribution < 1.29 is 18.0 Å². The van der Waals surface area contributed by atoms with Crippen LogP contribution in [-0.2, 0) is 32.6 Å². The standard InChI is InChI=1S/C30H36ClN3O4S/c1-4-20-32-30(36)28(6-3)33(21-24-12-10-11-15-27(24)31)29(35)22-34(25-18-16-23(5-2)17-19-25)39(37,38)26-13-8-7-9-14-26/h7-19,28H,4-6,20-22H2,1-3H3,(H,32,36)/t28-/m1/s1. The van der Waals surface area contributed by atoms with Crippen LogP contribution in [0.15, 0.2) is 83.8 Å². The van der Waals surface area contributed by atoms with Gasteiger partial charge >= 0.3 is 0 Å². The Labute approximate surface area is 236 Å². The minimum absolute atomic E-state index is 0.0601. The van der Waals surface area contributed by atoms with Crippen molar-refractivity contribution in [2.75, 3.05) is 17.4 Å². The van der Waals surface area contributed by atoms with Crippen LogP contribution < -0.4 is 9.62 Å². The molecule has 0 aliphatic carbocycles. The fraction of sp³-hybridized carbons (Fsp3) is 0.333. The van der Waals surface area contributed by atoms with Crippen molar-refractivity contribution in [2.45, 2.75) is 57.5 Å². The van der Waals surface area contributed by atoms with Gasteiger partial charge in [-0.3, -0.25) is 13.9 Å². The van der Waals surface area contributed by atoms with Gasteiger partial charge in [-0.15, -0.1) is 0 Å². The number of carbonyl (C=O) groups excluding carboxylic acids is 2. The van der Waals surface area contributed by atoms with E-state index in [2.05, 4.69) is 5.32 Å². The predicted molar refractivity (Wildman–Crippen MR) is 156 cm³/mol. The third-order valence-corrected chi connectivity index (χ3v) is 8.63. The molecule has 0 fully saturated rings. The lowest BCUT2D eigenvalue weighted by Crippen LogP contribution is -2.52. The SMILES string of the molecule is CCCNC(=O)[C@@H](CC)N(Cc1ccccc1Cl)C(=O)CN(c1ccc(CC)cc1)S(=O)(=O)c1ccccc1. The van der Waals surface area contributed by atoms with E-state index in [0.29, 0.717) is 29.2 Å². The summed E-state index contributed by atoms with van der Waals surface area (Å²) in [5.74, 6) is -0.794. The first-order valence-electron chi connectivity index (χ1n) is 13.2. The van der Waals surface area contributed by atoms with E-state index in [1.54, 1.807) is 48.5 Å². The number of aryl methyl sites for hydroxylation is 1. The fourth-order valence-electron chi connectivity index (χ4n) is 4.24. The lowest BCUT2D eigenvalue weighted by Gasteiger charge is -2.33. The van der Waals surface area contributed by atoms with Gasteiger partial charge in [0, 0.05) is 18.1 Å². The average Bonchev–Trinajstić information content (AvgIpc) is 2.96. The first kappa shape index (κ1) is 30.2. The summed E-state index contributed by atoms with van der Waals surface area (Å²) >= 11 is 6.42. The summed E-state index contributed by atoms with van der Waals surface area (Å²) in [5.41, 5.74) is 2.07. The van der Waals surface area contributed by atoms with Crippen molar-refractivity contribution >= 4 is 39.1 Å². The maximum atomic E-state index is 14.0. The van der Waals surface area contributed by atoms with Crippen LogP contribution in [0, 0.1) is 0 Å². The third kappa shape index (κ3) is 7.61. The van der Waals surface area contributed by atoms with Crippen molar-refractivity contribution in [3.05, 3.63) is 95.0 Å². The number of benzene rings is 3. The molecule has 9 heteroatoms. The normalized spacial score (nSPS) is 12.0. The Kier molecular flexibility index (Phi) is 10.9. The van der Waals surface area contributed by atoms with Crippen LogP contribution in [0.25, 0.3) is 0 Å². The highest BCUT2D eigenvalue weighted by Gasteiger charge is 2.33. The third-order valence-electron chi connectivity index (χ3n) is 6.48. The molecule has 1 atom stereocenters. The number of nitrogens with one attached hydrogen (secondary N) is 1. The van der Waals surface area contributed by atoms with Crippen LogP contribution in [0.5, 0.6) is 0 Å². The molecule has 0 aliphatic rings. The lowest BCUT2D eigenvalue weighted by atomic mass is 10.1. The smallest absolute Gasteiger partial charge is 0.264 e. The van der Waals surface area contributed by atoms with Crippen LogP contribution >= 0.6 is 11.6 Å². The van der Waals surface area contributed by atoms with E-state index in [9.17, 15) is 18.0 Å². The van der Waals surface area contributed by atoms with Crippen LogP contribution in [-0.4, -0.2) is 44.3 Å². The second-order valence-electron chi connectivity index (χ2n) is 9.17. The molecule has 208 valence electrons. The zero-order valence-corrected chi connectivity index (χ0v) is 24.2. The average molecular weight is 570 g/mol. The number of rotatable bonds is 13. The van der Waals surface area contributed by atoms with E-state index in [0.717, 1.165) is 22.7 Å². The molecule has 7 nitrogen and oxygen atoms in total. The van der Waals surface area contributed by atoms with Crippen LogP contribution in [0.3, 0.4) is 0 Å². The van der Waals surface area contributed by atoms with Gasteiger partial charge in [-0.05, 0) is 60.7 Å². The largest absolute Gasteiger partial charge is 0.354 e. The van der Waals surface area contributed by atoms with Gasteiger partial charge in [-0.2, -0.15) is 0 Å².